The van der Waals surface area contributed by atoms with E-state index in [9.17, 15) is 5.11 Å². The molecule has 5 heteroatoms. The van der Waals surface area contributed by atoms with Crippen molar-refractivity contribution >= 4 is 5.96 Å². The molecule has 0 spiro atoms. The second-order valence-corrected chi connectivity index (χ2v) is 7.69. The van der Waals surface area contributed by atoms with Crippen LogP contribution in [-0.4, -0.2) is 42.1 Å². The van der Waals surface area contributed by atoms with Crippen LogP contribution in [0.1, 0.15) is 42.9 Å². The Morgan fingerprint density at radius 2 is 1.59 bits per heavy atom. The fourth-order valence-electron chi connectivity index (χ4n) is 3.62. The molecule has 0 saturated carbocycles. The zero-order chi connectivity index (χ0) is 20.3. The van der Waals surface area contributed by atoms with Gasteiger partial charge in [-0.2, -0.15) is 0 Å². The molecule has 29 heavy (non-hydrogen) atoms. The Morgan fingerprint density at radius 3 is 2.28 bits per heavy atom. The lowest BCUT2D eigenvalue weighted by Gasteiger charge is -2.14. The number of aliphatic imine (C=N–C) groups is 1. The van der Waals surface area contributed by atoms with Crippen LogP contribution in [0.25, 0.3) is 0 Å². The van der Waals surface area contributed by atoms with E-state index in [1.807, 2.05) is 12.1 Å². The predicted octanol–water partition coefficient (Wildman–Crippen LogP) is 3.68. The van der Waals surface area contributed by atoms with Crippen LogP contribution in [-0.2, 0) is 19.5 Å². The van der Waals surface area contributed by atoms with Gasteiger partial charge in [0.2, 0.25) is 0 Å². The van der Waals surface area contributed by atoms with Crippen LogP contribution in [0.2, 0.25) is 0 Å². The molecule has 1 saturated heterocycles. The molecule has 0 unspecified atom stereocenters. The molecule has 0 atom stereocenters. The van der Waals surface area contributed by atoms with E-state index in [2.05, 4.69) is 46.7 Å². The number of nitrogens with one attached hydrogen (secondary N) is 2. The number of nitrogens with zero attached hydrogens (tertiary/aromatic N) is 2. The van der Waals surface area contributed by atoms with Crippen molar-refractivity contribution in [3.8, 4) is 5.75 Å². The second kappa shape index (κ2) is 11.5. The fraction of sp³-hybridized carbons (Fsp3) is 0.458. The largest absolute Gasteiger partial charge is 0.508 e. The maximum atomic E-state index is 9.35. The Balaban J connectivity index is 1.43. The standard InChI is InChI=1S/C24H34N4O/c1-2-25-24(26-15-5-6-20-11-13-23(29)14-12-20)27-18-21-7-9-22(10-8-21)19-28-16-3-4-17-28/h7-14,29H,2-6,15-19H2,1H3,(H2,25,26,27). The summed E-state index contributed by atoms with van der Waals surface area (Å²) in [6, 6.07) is 16.3. The maximum absolute atomic E-state index is 9.35. The van der Waals surface area contributed by atoms with Gasteiger partial charge < -0.3 is 15.7 Å². The summed E-state index contributed by atoms with van der Waals surface area (Å²) >= 11 is 0. The number of aryl methyl sites for hydroxylation is 1. The van der Waals surface area contributed by atoms with E-state index in [4.69, 9.17) is 4.99 Å². The van der Waals surface area contributed by atoms with E-state index in [1.54, 1.807) is 12.1 Å². The Labute approximate surface area is 174 Å². The van der Waals surface area contributed by atoms with Crippen LogP contribution in [0.4, 0.5) is 0 Å². The average molecular weight is 395 g/mol. The van der Waals surface area contributed by atoms with Crippen LogP contribution in [0, 0.1) is 0 Å². The van der Waals surface area contributed by atoms with Crippen molar-refractivity contribution in [3.63, 3.8) is 0 Å². The first-order valence-electron chi connectivity index (χ1n) is 10.8. The van der Waals surface area contributed by atoms with Crippen molar-refractivity contribution in [2.24, 2.45) is 4.99 Å². The number of hydrogen-bond acceptors (Lipinski definition) is 3. The van der Waals surface area contributed by atoms with Gasteiger partial charge in [0, 0.05) is 19.6 Å². The van der Waals surface area contributed by atoms with Gasteiger partial charge in [-0.3, -0.25) is 4.90 Å². The normalized spacial score (nSPS) is 14.9. The van der Waals surface area contributed by atoms with Gasteiger partial charge in [0.15, 0.2) is 5.96 Å². The molecule has 156 valence electrons. The fourth-order valence-corrected chi connectivity index (χ4v) is 3.62. The molecule has 1 aliphatic rings. The highest BCUT2D eigenvalue weighted by molar-refractivity contribution is 5.79. The third-order valence-electron chi connectivity index (χ3n) is 5.26. The predicted molar refractivity (Wildman–Crippen MR) is 120 cm³/mol. The van der Waals surface area contributed by atoms with Crippen molar-refractivity contribution in [2.45, 2.75) is 45.7 Å². The monoisotopic (exact) mass is 394 g/mol. The number of benzene rings is 2. The Hall–Kier alpha value is -2.53. The van der Waals surface area contributed by atoms with Crippen molar-refractivity contribution in [1.29, 1.82) is 0 Å². The van der Waals surface area contributed by atoms with Gasteiger partial charge in [0.1, 0.15) is 5.75 Å². The highest BCUT2D eigenvalue weighted by atomic mass is 16.3. The molecule has 3 rings (SSSR count). The average Bonchev–Trinajstić information content (AvgIpc) is 3.25. The lowest BCUT2D eigenvalue weighted by molar-refractivity contribution is 0.331. The summed E-state index contributed by atoms with van der Waals surface area (Å²) in [6.45, 7) is 8.00. The zero-order valence-electron chi connectivity index (χ0n) is 17.5. The molecule has 5 nitrogen and oxygen atoms in total. The smallest absolute Gasteiger partial charge is 0.191 e. The van der Waals surface area contributed by atoms with Crippen LogP contribution in [0.5, 0.6) is 5.75 Å². The molecule has 3 N–H and O–H groups in total. The third kappa shape index (κ3) is 7.42. The van der Waals surface area contributed by atoms with Crippen LogP contribution in [0.15, 0.2) is 53.5 Å². The quantitative estimate of drug-likeness (QED) is 0.345. The van der Waals surface area contributed by atoms with Gasteiger partial charge >= 0.3 is 0 Å². The molecule has 2 aromatic rings. The first-order valence-corrected chi connectivity index (χ1v) is 10.8. The summed E-state index contributed by atoms with van der Waals surface area (Å²) in [6.07, 6.45) is 4.66. The maximum Gasteiger partial charge on any atom is 0.191 e. The van der Waals surface area contributed by atoms with Crippen molar-refractivity contribution in [1.82, 2.24) is 15.5 Å². The van der Waals surface area contributed by atoms with Gasteiger partial charge in [-0.15, -0.1) is 0 Å². The van der Waals surface area contributed by atoms with E-state index >= 15 is 0 Å². The van der Waals surface area contributed by atoms with Gasteiger partial charge in [-0.1, -0.05) is 36.4 Å². The molecule has 0 bridgehead atoms. The number of hydrogen-bond donors (Lipinski definition) is 3. The molecular formula is C24H34N4O. The Bertz CT molecular complexity index is 749. The SMILES string of the molecule is CCNC(=NCc1ccc(CN2CCCC2)cc1)NCCCc1ccc(O)cc1. The van der Waals surface area contributed by atoms with Crippen LogP contribution in [0.3, 0.4) is 0 Å². The summed E-state index contributed by atoms with van der Waals surface area (Å²) in [5, 5.41) is 16.1. The lowest BCUT2D eigenvalue weighted by atomic mass is 10.1. The van der Waals surface area contributed by atoms with Gasteiger partial charge in [-0.05, 0) is 74.5 Å². The Kier molecular flexibility index (Phi) is 8.38. The molecule has 0 aliphatic carbocycles. The van der Waals surface area contributed by atoms with E-state index in [0.717, 1.165) is 38.4 Å². The minimum atomic E-state index is 0.317. The number of likely N-dealkylation sites (tertiary alicyclic amines) is 1. The minimum absolute atomic E-state index is 0.317. The molecule has 1 fully saturated rings. The number of aromatic hydroxyl groups is 1. The lowest BCUT2D eigenvalue weighted by Crippen LogP contribution is -2.37. The van der Waals surface area contributed by atoms with Crippen molar-refractivity contribution in [2.75, 3.05) is 26.2 Å². The molecular weight excluding hydrogens is 360 g/mol. The van der Waals surface area contributed by atoms with Crippen LogP contribution >= 0.6 is 0 Å². The Morgan fingerprint density at radius 1 is 0.931 bits per heavy atom. The van der Waals surface area contributed by atoms with E-state index in [1.165, 1.54) is 42.6 Å². The summed E-state index contributed by atoms with van der Waals surface area (Å²) in [7, 11) is 0. The molecule has 2 aromatic carbocycles. The first-order chi connectivity index (χ1) is 14.2. The summed E-state index contributed by atoms with van der Waals surface area (Å²) in [5.74, 6) is 1.18. The highest BCUT2D eigenvalue weighted by Gasteiger charge is 2.11. The van der Waals surface area contributed by atoms with Crippen LogP contribution < -0.4 is 10.6 Å². The highest BCUT2D eigenvalue weighted by Crippen LogP contribution is 2.14. The van der Waals surface area contributed by atoms with E-state index < -0.39 is 0 Å². The van der Waals surface area contributed by atoms with E-state index in [-0.39, 0.29) is 0 Å². The summed E-state index contributed by atoms with van der Waals surface area (Å²) < 4.78 is 0. The third-order valence-corrected chi connectivity index (χ3v) is 5.26. The zero-order valence-corrected chi connectivity index (χ0v) is 17.5. The number of phenols is 1. The van der Waals surface area contributed by atoms with E-state index in [0.29, 0.717) is 12.3 Å². The number of rotatable bonds is 9. The molecule has 1 aliphatic heterocycles. The number of guanidine groups is 1. The summed E-state index contributed by atoms with van der Waals surface area (Å²) in [4.78, 5) is 7.25. The molecule has 0 aromatic heterocycles. The topological polar surface area (TPSA) is 59.9 Å². The van der Waals surface area contributed by atoms with Gasteiger partial charge in [0.25, 0.3) is 0 Å². The molecule has 0 radical (unpaired) electrons. The van der Waals surface area contributed by atoms with Crippen molar-refractivity contribution < 1.29 is 5.11 Å². The first kappa shape index (κ1) is 21.2. The van der Waals surface area contributed by atoms with Gasteiger partial charge in [-0.25, -0.2) is 4.99 Å². The van der Waals surface area contributed by atoms with Gasteiger partial charge in [0.05, 0.1) is 6.54 Å². The minimum Gasteiger partial charge on any atom is -0.508 e. The van der Waals surface area contributed by atoms with Crippen molar-refractivity contribution in [3.05, 3.63) is 65.2 Å². The summed E-state index contributed by atoms with van der Waals surface area (Å²) in [5.41, 5.74) is 3.86. The number of phenolic OH excluding ortho intramolecular Hbond substituents is 1. The molecule has 1 heterocycles. The second-order valence-electron chi connectivity index (χ2n) is 7.69. The molecule has 0 amide bonds.